The standard InChI is InChI=1S/C24H34N2O/c1-19-13-15-22(16-14-19)25-24(2,26(3)4)21-11-8-12-23(17-21)27-18-20-9-6-5-7-10-20/h5-12,17,19,22,25H,13-16,18H2,1-4H3. The van der Waals surface area contributed by atoms with Crippen LogP contribution >= 0.6 is 0 Å². The highest BCUT2D eigenvalue weighted by atomic mass is 16.5. The van der Waals surface area contributed by atoms with Gasteiger partial charge < -0.3 is 4.74 Å². The lowest BCUT2D eigenvalue weighted by molar-refractivity contribution is 0.0956. The average Bonchev–Trinajstić information content (AvgIpc) is 2.69. The zero-order valence-corrected chi connectivity index (χ0v) is 17.2. The molecule has 0 spiro atoms. The number of nitrogens with zero attached hydrogens (tertiary/aromatic N) is 1. The minimum Gasteiger partial charge on any atom is -0.489 e. The second-order valence-corrected chi connectivity index (χ2v) is 8.37. The summed E-state index contributed by atoms with van der Waals surface area (Å²) in [6.45, 7) is 5.24. The molecule has 27 heavy (non-hydrogen) atoms. The third-order valence-corrected chi connectivity index (χ3v) is 6.04. The second-order valence-electron chi connectivity index (χ2n) is 8.37. The predicted molar refractivity (Wildman–Crippen MR) is 113 cm³/mol. The average molecular weight is 367 g/mol. The number of hydrogen-bond acceptors (Lipinski definition) is 3. The van der Waals surface area contributed by atoms with Crippen LogP contribution in [-0.4, -0.2) is 25.0 Å². The Labute approximate surface area is 164 Å². The summed E-state index contributed by atoms with van der Waals surface area (Å²) in [5, 5.41) is 3.94. The van der Waals surface area contributed by atoms with Crippen LogP contribution < -0.4 is 10.1 Å². The van der Waals surface area contributed by atoms with Gasteiger partial charge in [-0.2, -0.15) is 0 Å². The van der Waals surface area contributed by atoms with Crippen LogP contribution in [0.2, 0.25) is 0 Å². The summed E-state index contributed by atoms with van der Waals surface area (Å²) in [5.41, 5.74) is 2.22. The number of benzene rings is 2. The van der Waals surface area contributed by atoms with Crippen molar-refractivity contribution in [3.05, 3.63) is 65.7 Å². The van der Waals surface area contributed by atoms with E-state index in [4.69, 9.17) is 4.74 Å². The monoisotopic (exact) mass is 366 g/mol. The number of rotatable bonds is 7. The second kappa shape index (κ2) is 8.90. The first-order valence-corrected chi connectivity index (χ1v) is 10.2. The fourth-order valence-corrected chi connectivity index (χ4v) is 3.90. The molecule has 1 atom stereocenters. The molecule has 0 radical (unpaired) electrons. The van der Waals surface area contributed by atoms with Gasteiger partial charge in [-0.1, -0.05) is 49.4 Å². The molecule has 1 saturated carbocycles. The van der Waals surface area contributed by atoms with Gasteiger partial charge in [0.05, 0.1) is 5.66 Å². The highest BCUT2D eigenvalue weighted by Crippen LogP contribution is 2.31. The molecule has 2 aromatic carbocycles. The summed E-state index contributed by atoms with van der Waals surface area (Å²) < 4.78 is 6.07. The maximum Gasteiger partial charge on any atom is 0.120 e. The van der Waals surface area contributed by atoms with Gasteiger partial charge in [0.2, 0.25) is 0 Å². The van der Waals surface area contributed by atoms with E-state index >= 15 is 0 Å². The van der Waals surface area contributed by atoms with Crippen molar-refractivity contribution in [3.8, 4) is 5.75 Å². The van der Waals surface area contributed by atoms with E-state index in [1.54, 1.807) is 0 Å². The number of ether oxygens (including phenoxy) is 1. The molecule has 146 valence electrons. The number of nitrogens with one attached hydrogen (secondary N) is 1. The first kappa shape index (κ1) is 19.9. The highest BCUT2D eigenvalue weighted by Gasteiger charge is 2.33. The summed E-state index contributed by atoms with van der Waals surface area (Å²) in [7, 11) is 4.30. The largest absolute Gasteiger partial charge is 0.489 e. The Morgan fingerprint density at radius 1 is 1.00 bits per heavy atom. The molecular weight excluding hydrogens is 332 g/mol. The summed E-state index contributed by atoms with van der Waals surface area (Å²) in [6, 6.07) is 19.4. The van der Waals surface area contributed by atoms with Gasteiger partial charge in [-0.15, -0.1) is 0 Å². The Hall–Kier alpha value is -1.84. The lowest BCUT2D eigenvalue weighted by atomic mass is 9.86. The van der Waals surface area contributed by atoms with Crippen molar-refractivity contribution in [2.45, 2.75) is 57.8 Å². The Bertz CT molecular complexity index is 707. The molecule has 1 aliphatic carbocycles. The van der Waals surface area contributed by atoms with Crippen molar-refractivity contribution in [2.24, 2.45) is 5.92 Å². The zero-order chi connectivity index (χ0) is 19.3. The maximum absolute atomic E-state index is 6.07. The summed E-state index contributed by atoms with van der Waals surface area (Å²) >= 11 is 0. The lowest BCUT2D eigenvalue weighted by Crippen LogP contribution is -2.55. The molecule has 0 heterocycles. The van der Waals surface area contributed by atoms with E-state index in [0.717, 1.165) is 11.7 Å². The fraction of sp³-hybridized carbons (Fsp3) is 0.500. The minimum atomic E-state index is -0.211. The van der Waals surface area contributed by atoms with Crippen LogP contribution in [-0.2, 0) is 12.3 Å². The third kappa shape index (κ3) is 5.12. The van der Waals surface area contributed by atoms with Crippen molar-refractivity contribution in [3.63, 3.8) is 0 Å². The van der Waals surface area contributed by atoms with Gasteiger partial charge in [-0.3, -0.25) is 10.2 Å². The lowest BCUT2D eigenvalue weighted by Gasteiger charge is -2.42. The van der Waals surface area contributed by atoms with Crippen molar-refractivity contribution in [1.29, 1.82) is 0 Å². The molecule has 0 aliphatic heterocycles. The molecule has 2 aromatic rings. The quantitative estimate of drug-likeness (QED) is 0.684. The van der Waals surface area contributed by atoms with Crippen LogP contribution in [0.5, 0.6) is 5.75 Å². The molecule has 1 fully saturated rings. The van der Waals surface area contributed by atoms with Crippen LogP contribution in [0, 0.1) is 5.92 Å². The normalized spacial score (nSPS) is 22.4. The van der Waals surface area contributed by atoms with Crippen molar-refractivity contribution >= 4 is 0 Å². The van der Waals surface area contributed by atoms with Crippen molar-refractivity contribution in [2.75, 3.05) is 14.1 Å². The SMILES string of the molecule is CC1CCC(NC(C)(c2cccc(OCc3ccccc3)c2)N(C)C)CC1. The molecule has 0 amide bonds. The predicted octanol–water partition coefficient (Wildman–Crippen LogP) is 5.17. The summed E-state index contributed by atoms with van der Waals surface area (Å²) in [5.74, 6) is 1.78. The van der Waals surface area contributed by atoms with Crippen LogP contribution in [0.1, 0.15) is 50.7 Å². The van der Waals surface area contributed by atoms with Gasteiger partial charge in [-0.25, -0.2) is 0 Å². The van der Waals surface area contributed by atoms with Gasteiger partial charge in [0.25, 0.3) is 0 Å². The Balaban J connectivity index is 1.73. The van der Waals surface area contributed by atoms with Crippen LogP contribution in [0.25, 0.3) is 0 Å². The van der Waals surface area contributed by atoms with E-state index in [1.165, 1.54) is 36.8 Å². The molecule has 0 bridgehead atoms. The van der Waals surface area contributed by atoms with Crippen LogP contribution in [0.3, 0.4) is 0 Å². The van der Waals surface area contributed by atoms with Gasteiger partial charge in [0.1, 0.15) is 12.4 Å². The van der Waals surface area contributed by atoms with Gasteiger partial charge in [0.15, 0.2) is 0 Å². The molecule has 3 heteroatoms. The topological polar surface area (TPSA) is 24.5 Å². The van der Waals surface area contributed by atoms with E-state index in [2.05, 4.69) is 68.5 Å². The zero-order valence-electron chi connectivity index (χ0n) is 17.2. The molecule has 1 unspecified atom stereocenters. The highest BCUT2D eigenvalue weighted by molar-refractivity contribution is 5.33. The molecule has 0 aromatic heterocycles. The fourth-order valence-electron chi connectivity index (χ4n) is 3.90. The van der Waals surface area contributed by atoms with Gasteiger partial charge in [0, 0.05) is 6.04 Å². The molecule has 3 rings (SSSR count). The smallest absolute Gasteiger partial charge is 0.120 e. The summed E-state index contributed by atoms with van der Waals surface area (Å²) in [6.07, 6.45) is 5.16. The molecule has 1 N–H and O–H groups in total. The Morgan fingerprint density at radius 2 is 1.70 bits per heavy atom. The molecule has 3 nitrogen and oxygen atoms in total. The van der Waals surface area contributed by atoms with Crippen molar-refractivity contribution < 1.29 is 4.74 Å². The first-order valence-electron chi connectivity index (χ1n) is 10.2. The van der Waals surface area contributed by atoms with Crippen LogP contribution in [0.4, 0.5) is 0 Å². The summed E-state index contributed by atoms with van der Waals surface area (Å²) in [4.78, 5) is 2.28. The van der Waals surface area contributed by atoms with E-state index in [9.17, 15) is 0 Å². The van der Waals surface area contributed by atoms with E-state index in [0.29, 0.717) is 12.6 Å². The van der Waals surface area contributed by atoms with Gasteiger partial charge in [-0.05, 0) is 75.9 Å². The maximum atomic E-state index is 6.07. The van der Waals surface area contributed by atoms with Gasteiger partial charge >= 0.3 is 0 Å². The molecular formula is C24H34N2O. The Kier molecular flexibility index (Phi) is 6.56. The third-order valence-electron chi connectivity index (χ3n) is 6.04. The number of hydrogen-bond donors (Lipinski definition) is 1. The van der Waals surface area contributed by atoms with Crippen molar-refractivity contribution in [1.82, 2.24) is 10.2 Å². The van der Waals surface area contributed by atoms with E-state index in [-0.39, 0.29) is 5.66 Å². The van der Waals surface area contributed by atoms with E-state index in [1.807, 2.05) is 24.3 Å². The molecule has 0 saturated heterocycles. The first-order chi connectivity index (χ1) is 13.0. The van der Waals surface area contributed by atoms with Crippen LogP contribution in [0.15, 0.2) is 54.6 Å². The minimum absolute atomic E-state index is 0.211. The molecule has 1 aliphatic rings. The van der Waals surface area contributed by atoms with E-state index < -0.39 is 0 Å². The Morgan fingerprint density at radius 3 is 2.37 bits per heavy atom.